The molecule has 1 amide bonds. The molecule has 0 saturated carbocycles. The zero-order valence-electron chi connectivity index (χ0n) is 22.6. The third kappa shape index (κ3) is 7.72. The van der Waals surface area contributed by atoms with E-state index in [-0.39, 0.29) is 11.4 Å². The van der Waals surface area contributed by atoms with Gasteiger partial charge >= 0.3 is 5.97 Å². The van der Waals surface area contributed by atoms with E-state index in [1.54, 1.807) is 0 Å². The number of aliphatic carboxylic acids is 1. The Kier molecular flexibility index (Phi) is 11.7. The number of ether oxygens (including phenoxy) is 5. The molecule has 2 heterocycles. The number of rotatable bonds is 13. The van der Waals surface area contributed by atoms with Gasteiger partial charge in [-0.15, -0.1) is 0 Å². The molecule has 1 aromatic rings. The summed E-state index contributed by atoms with van der Waals surface area (Å²) in [6, 6.07) is 2.93. The lowest BCUT2D eigenvalue weighted by molar-refractivity contribution is -0.384. The molecule has 19 nitrogen and oxygen atoms in total. The Morgan fingerprint density at radius 1 is 1.16 bits per heavy atom. The number of nitro benzene ring substituents is 1. The predicted molar refractivity (Wildman–Crippen MR) is 135 cm³/mol. The van der Waals surface area contributed by atoms with Gasteiger partial charge in [0, 0.05) is 25.7 Å². The Morgan fingerprint density at radius 3 is 2.35 bits per heavy atom. The minimum atomic E-state index is -2.97. The number of aliphatic hydroxyl groups excluding tert-OH is 7. The molecule has 2 saturated heterocycles. The highest BCUT2D eigenvalue weighted by Crippen LogP contribution is 2.37. The summed E-state index contributed by atoms with van der Waals surface area (Å²) in [7, 11) is 1.20. The number of benzene rings is 1. The average molecular weight is 623 g/mol. The molecule has 2 fully saturated rings. The van der Waals surface area contributed by atoms with Gasteiger partial charge in [0.2, 0.25) is 12.2 Å². The average Bonchev–Trinajstić information content (AvgIpc) is 2.97. The Bertz CT molecular complexity index is 1110. The molecule has 11 atom stereocenters. The van der Waals surface area contributed by atoms with Gasteiger partial charge in [0.15, 0.2) is 0 Å². The van der Waals surface area contributed by atoms with Gasteiger partial charge in [0.1, 0.15) is 55.1 Å². The van der Waals surface area contributed by atoms with Gasteiger partial charge in [0.05, 0.1) is 30.3 Å². The monoisotopic (exact) mass is 622 g/mol. The Labute approximate surface area is 242 Å². The van der Waals surface area contributed by atoms with Crippen molar-refractivity contribution >= 4 is 17.6 Å². The number of amides is 1. The van der Waals surface area contributed by atoms with Crippen LogP contribution in [0.5, 0.6) is 5.75 Å². The number of carbonyl (C=O) groups is 2. The van der Waals surface area contributed by atoms with Gasteiger partial charge in [-0.05, 0) is 12.1 Å². The lowest BCUT2D eigenvalue weighted by Gasteiger charge is -2.49. The molecule has 43 heavy (non-hydrogen) atoms. The number of non-ortho nitro benzene ring substituents is 1. The highest BCUT2D eigenvalue weighted by atomic mass is 16.8. The predicted octanol–water partition coefficient (Wildman–Crippen LogP) is -4.43. The standard InChI is InChI=1S/C24H34N2O17/c1-39-9-15(31)25-16-12(29)6-24(23(35)36,42-20(16)17(32)13(30)7-27)43-21-18(33)14(8-28)41-22(19(21)34)40-11-4-2-10(3-5-11)26(37)38/h2-5,12-14,16-22,27-30,32-34H,6-9H2,1H3,(H,25,31)(H,35,36)/t12-,13+,14+,16+,17+,18-,19+,20+,21-,22+,24-/m0/s1. The molecule has 1 aromatic carbocycles. The van der Waals surface area contributed by atoms with Crippen LogP contribution in [-0.4, -0.2) is 152 Å². The summed E-state index contributed by atoms with van der Waals surface area (Å²) in [5.41, 5.74) is -0.279. The van der Waals surface area contributed by atoms with E-state index in [9.17, 15) is 60.6 Å². The molecule has 9 N–H and O–H groups in total. The zero-order valence-corrected chi connectivity index (χ0v) is 22.6. The fourth-order valence-corrected chi connectivity index (χ4v) is 4.66. The van der Waals surface area contributed by atoms with Crippen molar-refractivity contribution in [3.05, 3.63) is 34.4 Å². The van der Waals surface area contributed by atoms with Crippen molar-refractivity contribution in [3.63, 3.8) is 0 Å². The molecular weight excluding hydrogens is 588 g/mol. The van der Waals surface area contributed by atoms with Crippen molar-refractivity contribution in [1.82, 2.24) is 5.32 Å². The Morgan fingerprint density at radius 2 is 1.81 bits per heavy atom. The molecule has 2 aliphatic rings. The summed E-state index contributed by atoms with van der Waals surface area (Å²) in [6.45, 7) is -2.42. The number of nitrogens with one attached hydrogen (secondary N) is 1. The molecule has 0 aromatic heterocycles. The SMILES string of the molecule is COCC(=O)N[C@H]1[C@H]([C@H](O)[C@H](O)CO)O[C@@](O[C@H]2[C@@H](O)[C@@H](CO)O[C@@H](Oc3ccc([N+](=O)[O-])cc3)[C@@H]2O)(C(=O)O)C[C@@H]1O. The van der Waals surface area contributed by atoms with Gasteiger partial charge in [-0.1, -0.05) is 0 Å². The number of carboxylic acid groups (broad SMARTS) is 1. The molecule has 0 bridgehead atoms. The van der Waals surface area contributed by atoms with E-state index in [1.807, 2.05) is 0 Å². The maximum absolute atomic E-state index is 12.6. The van der Waals surface area contributed by atoms with E-state index < -0.39 is 110 Å². The van der Waals surface area contributed by atoms with Crippen LogP contribution in [-0.2, 0) is 28.5 Å². The molecule has 242 valence electrons. The topological polar surface area (TPSA) is 297 Å². The number of hydrogen-bond donors (Lipinski definition) is 9. The Balaban J connectivity index is 1.93. The normalized spacial score (nSPS) is 34.1. The third-order valence-electron chi connectivity index (χ3n) is 6.87. The summed E-state index contributed by atoms with van der Waals surface area (Å²) < 4.78 is 26.7. The lowest BCUT2D eigenvalue weighted by atomic mass is 9.88. The van der Waals surface area contributed by atoms with Crippen molar-refractivity contribution in [2.45, 2.75) is 73.4 Å². The zero-order chi connectivity index (χ0) is 32.1. The molecule has 0 spiro atoms. The minimum Gasteiger partial charge on any atom is -0.477 e. The number of nitrogens with zero attached hydrogens (tertiary/aromatic N) is 1. The molecule has 3 rings (SSSR count). The number of nitro groups is 1. The summed E-state index contributed by atoms with van der Waals surface area (Å²) in [4.78, 5) is 35.0. The van der Waals surface area contributed by atoms with Crippen molar-refractivity contribution < 1.29 is 79.0 Å². The van der Waals surface area contributed by atoms with Gasteiger partial charge < -0.3 is 69.9 Å². The second-order valence-corrected chi connectivity index (χ2v) is 9.84. The molecule has 0 radical (unpaired) electrons. The van der Waals surface area contributed by atoms with Crippen LogP contribution in [0.25, 0.3) is 0 Å². The Hall–Kier alpha value is -3.08. The smallest absolute Gasteiger partial charge is 0.364 e. The van der Waals surface area contributed by atoms with E-state index >= 15 is 0 Å². The quantitative estimate of drug-likeness (QED) is 0.0740. The third-order valence-corrected chi connectivity index (χ3v) is 6.87. The first-order valence-corrected chi connectivity index (χ1v) is 12.8. The molecule has 19 heteroatoms. The van der Waals surface area contributed by atoms with Gasteiger partial charge in [0.25, 0.3) is 11.5 Å². The minimum absolute atomic E-state index is 0.0606. The summed E-state index contributed by atoms with van der Waals surface area (Å²) >= 11 is 0. The van der Waals surface area contributed by atoms with Gasteiger partial charge in [-0.3, -0.25) is 14.9 Å². The van der Waals surface area contributed by atoms with Crippen LogP contribution in [0.2, 0.25) is 0 Å². The number of hydrogen-bond acceptors (Lipinski definition) is 16. The van der Waals surface area contributed by atoms with E-state index in [2.05, 4.69) is 5.32 Å². The number of aliphatic hydroxyl groups is 7. The van der Waals surface area contributed by atoms with Crippen molar-refractivity contribution in [2.24, 2.45) is 0 Å². The fraction of sp³-hybridized carbons (Fsp3) is 0.667. The van der Waals surface area contributed by atoms with Crippen LogP contribution in [0, 0.1) is 10.1 Å². The number of carbonyl (C=O) groups excluding carboxylic acids is 1. The van der Waals surface area contributed by atoms with Crippen molar-refractivity contribution in [3.8, 4) is 5.75 Å². The van der Waals surface area contributed by atoms with Crippen LogP contribution >= 0.6 is 0 Å². The first kappa shape index (κ1) is 34.4. The fourth-order valence-electron chi connectivity index (χ4n) is 4.66. The maximum atomic E-state index is 12.6. The number of methoxy groups -OCH3 is 1. The molecule has 0 unspecified atom stereocenters. The largest absolute Gasteiger partial charge is 0.477 e. The van der Waals surface area contributed by atoms with Crippen LogP contribution < -0.4 is 10.1 Å². The molecular formula is C24H34N2O17. The van der Waals surface area contributed by atoms with E-state index in [0.29, 0.717) is 0 Å². The van der Waals surface area contributed by atoms with E-state index in [4.69, 9.17) is 23.7 Å². The number of carboxylic acids is 1. The first-order valence-electron chi connectivity index (χ1n) is 12.8. The lowest BCUT2D eigenvalue weighted by Crippen LogP contribution is -2.70. The summed E-state index contributed by atoms with van der Waals surface area (Å²) in [5, 5.41) is 95.9. The van der Waals surface area contributed by atoms with Gasteiger partial charge in [-0.25, -0.2) is 4.79 Å². The van der Waals surface area contributed by atoms with Gasteiger partial charge in [-0.2, -0.15) is 0 Å². The summed E-state index contributed by atoms with van der Waals surface area (Å²) in [6.07, 6.45) is -18.0. The second kappa shape index (κ2) is 14.6. The van der Waals surface area contributed by atoms with Crippen molar-refractivity contribution in [2.75, 3.05) is 26.9 Å². The van der Waals surface area contributed by atoms with Crippen LogP contribution in [0.1, 0.15) is 6.42 Å². The first-order chi connectivity index (χ1) is 20.3. The van der Waals surface area contributed by atoms with Crippen LogP contribution in [0.3, 0.4) is 0 Å². The summed E-state index contributed by atoms with van der Waals surface area (Å²) in [5.74, 6) is -5.77. The van der Waals surface area contributed by atoms with E-state index in [1.165, 1.54) is 19.2 Å². The molecule has 2 aliphatic heterocycles. The maximum Gasteiger partial charge on any atom is 0.364 e. The molecule has 0 aliphatic carbocycles. The second-order valence-electron chi connectivity index (χ2n) is 9.84. The van der Waals surface area contributed by atoms with E-state index in [0.717, 1.165) is 12.1 Å². The van der Waals surface area contributed by atoms with Crippen LogP contribution in [0.4, 0.5) is 5.69 Å². The van der Waals surface area contributed by atoms with Crippen molar-refractivity contribution in [1.29, 1.82) is 0 Å². The highest BCUT2D eigenvalue weighted by molar-refractivity contribution is 5.78. The highest BCUT2D eigenvalue weighted by Gasteiger charge is 2.59. The van der Waals surface area contributed by atoms with Crippen LogP contribution in [0.15, 0.2) is 24.3 Å².